The maximum Gasteiger partial charge on any atom is -0.0347 e. The third kappa shape index (κ3) is 15.0. The van der Waals surface area contributed by atoms with E-state index in [-0.39, 0.29) is 0 Å². The van der Waals surface area contributed by atoms with Crippen LogP contribution >= 0.6 is 0 Å². The molecular weight excluding hydrogens is 216 g/mol. The van der Waals surface area contributed by atoms with Crippen LogP contribution in [0.4, 0.5) is 0 Å². The minimum absolute atomic E-state index is 1.19. The molecule has 0 N–H and O–H groups in total. The van der Waals surface area contributed by atoms with Crippen molar-refractivity contribution in [2.45, 2.75) is 64.7 Å². The molecule has 0 spiro atoms. The average molecular weight is 246 g/mol. The van der Waals surface area contributed by atoms with E-state index in [2.05, 4.69) is 37.8 Å². The summed E-state index contributed by atoms with van der Waals surface area (Å²) in [6.45, 7) is 5.89. The minimum atomic E-state index is 1.19. The van der Waals surface area contributed by atoms with Gasteiger partial charge in [-0.3, -0.25) is 0 Å². The monoisotopic (exact) mass is 246 g/mol. The van der Waals surface area contributed by atoms with Crippen molar-refractivity contribution in [1.82, 2.24) is 0 Å². The maximum atomic E-state index is 3.63. The first-order valence-electron chi connectivity index (χ1n) is 7.51. The van der Waals surface area contributed by atoms with E-state index in [0.29, 0.717) is 0 Å². The summed E-state index contributed by atoms with van der Waals surface area (Å²) >= 11 is 0. The highest BCUT2D eigenvalue weighted by atomic mass is 13.9. The van der Waals surface area contributed by atoms with Crippen molar-refractivity contribution >= 4 is 0 Å². The Labute approximate surface area is 114 Å². The zero-order chi connectivity index (χ0) is 13.3. The molecule has 0 rings (SSSR count). The van der Waals surface area contributed by atoms with E-state index in [1.54, 1.807) is 6.08 Å². The minimum Gasteiger partial charge on any atom is -0.0991 e. The average Bonchev–Trinajstić information content (AvgIpc) is 2.39. The van der Waals surface area contributed by atoms with Crippen LogP contribution in [-0.2, 0) is 0 Å². The lowest BCUT2D eigenvalue weighted by molar-refractivity contribution is 0.673. The van der Waals surface area contributed by atoms with Crippen molar-refractivity contribution in [3.05, 3.63) is 49.1 Å². The van der Waals surface area contributed by atoms with Gasteiger partial charge in [-0.15, -0.1) is 0 Å². The highest BCUT2D eigenvalue weighted by molar-refractivity contribution is 5.08. The molecular formula is C18H30. The van der Waals surface area contributed by atoms with Gasteiger partial charge in [0.05, 0.1) is 0 Å². The van der Waals surface area contributed by atoms with Gasteiger partial charge in [0.2, 0.25) is 0 Å². The predicted octanol–water partition coefficient (Wildman–Crippen LogP) is 6.37. The Kier molecular flexibility index (Phi) is 15.0. The third-order valence-corrected chi connectivity index (χ3v) is 2.88. The molecule has 0 amide bonds. The first-order valence-corrected chi connectivity index (χ1v) is 7.51. The van der Waals surface area contributed by atoms with Crippen LogP contribution < -0.4 is 0 Å². The quantitative estimate of drug-likeness (QED) is 0.213. The lowest BCUT2D eigenvalue weighted by Crippen LogP contribution is -1.75. The van der Waals surface area contributed by atoms with Gasteiger partial charge in [0.15, 0.2) is 0 Å². The molecule has 0 aromatic heterocycles. The lowest BCUT2D eigenvalue weighted by Gasteiger charge is -1.95. The largest absolute Gasteiger partial charge is 0.0991 e. The second-order valence-corrected chi connectivity index (χ2v) is 4.65. The fourth-order valence-corrected chi connectivity index (χ4v) is 1.77. The van der Waals surface area contributed by atoms with Gasteiger partial charge in [0.25, 0.3) is 0 Å². The molecule has 0 unspecified atom stereocenters. The molecule has 0 saturated heterocycles. The van der Waals surface area contributed by atoms with Crippen LogP contribution in [0.15, 0.2) is 49.1 Å². The van der Waals surface area contributed by atoms with Crippen molar-refractivity contribution in [1.29, 1.82) is 0 Å². The molecule has 18 heavy (non-hydrogen) atoms. The van der Waals surface area contributed by atoms with Gasteiger partial charge in [-0.2, -0.15) is 0 Å². The van der Waals surface area contributed by atoms with Gasteiger partial charge in [-0.1, -0.05) is 75.3 Å². The van der Waals surface area contributed by atoms with Crippen LogP contribution in [0.25, 0.3) is 0 Å². The fourth-order valence-electron chi connectivity index (χ4n) is 1.77. The highest BCUT2D eigenvalue weighted by Gasteiger charge is 1.85. The normalized spacial score (nSPS) is 12.1. The second kappa shape index (κ2) is 16.0. The molecule has 0 aromatic rings. The molecule has 0 fully saturated rings. The van der Waals surface area contributed by atoms with Crippen molar-refractivity contribution in [3.8, 4) is 0 Å². The summed E-state index contributed by atoms with van der Waals surface area (Å²) in [4.78, 5) is 0. The van der Waals surface area contributed by atoms with Gasteiger partial charge in [0, 0.05) is 0 Å². The summed E-state index contributed by atoms with van der Waals surface area (Å²) in [7, 11) is 0. The molecule has 0 radical (unpaired) electrons. The van der Waals surface area contributed by atoms with Crippen LogP contribution in [-0.4, -0.2) is 0 Å². The molecule has 0 aliphatic heterocycles. The summed E-state index contributed by atoms with van der Waals surface area (Å²) in [5, 5.41) is 0. The van der Waals surface area contributed by atoms with E-state index in [1.807, 2.05) is 12.2 Å². The molecule has 0 heterocycles. The van der Waals surface area contributed by atoms with Crippen LogP contribution in [0.5, 0.6) is 0 Å². The zero-order valence-electron chi connectivity index (χ0n) is 12.1. The van der Waals surface area contributed by atoms with Crippen LogP contribution in [0.2, 0.25) is 0 Å². The fraction of sp³-hybridized carbons (Fsp3) is 0.556. The number of allylic oxidation sites excluding steroid dienone is 7. The van der Waals surface area contributed by atoms with Crippen LogP contribution in [0.1, 0.15) is 64.7 Å². The van der Waals surface area contributed by atoms with Crippen molar-refractivity contribution < 1.29 is 0 Å². The smallest absolute Gasteiger partial charge is 0.0347 e. The first kappa shape index (κ1) is 17.0. The van der Waals surface area contributed by atoms with Crippen LogP contribution in [0.3, 0.4) is 0 Å². The Morgan fingerprint density at radius 1 is 0.667 bits per heavy atom. The topological polar surface area (TPSA) is 0 Å². The van der Waals surface area contributed by atoms with Gasteiger partial charge in [-0.05, 0) is 38.5 Å². The standard InChI is InChI=1S/C18H30/c1-3-5-7-9-11-13-15-17-18-16-14-12-10-8-6-4-2/h3,5,7,9,11,14,16H,1,4,6,8,10,12-13,15,17-18H2,2H3. The third-order valence-electron chi connectivity index (χ3n) is 2.88. The molecule has 0 heteroatoms. The van der Waals surface area contributed by atoms with Gasteiger partial charge >= 0.3 is 0 Å². The Balaban J connectivity index is 3.19. The van der Waals surface area contributed by atoms with Gasteiger partial charge in [0.1, 0.15) is 0 Å². The van der Waals surface area contributed by atoms with Crippen LogP contribution in [0, 0.1) is 0 Å². The van der Waals surface area contributed by atoms with E-state index in [1.165, 1.54) is 57.8 Å². The number of hydrogen-bond donors (Lipinski definition) is 0. The molecule has 0 aliphatic rings. The van der Waals surface area contributed by atoms with Gasteiger partial charge in [-0.25, -0.2) is 0 Å². The van der Waals surface area contributed by atoms with Gasteiger partial charge < -0.3 is 0 Å². The molecule has 0 atom stereocenters. The Morgan fingerprint density at radius 2 is 1.28 bits per heavy atom. The SMILES string of the molecule is C=CC=CC=CCCCCC=CCCCCCC. The van der Waals surface area contributed by atoms with Crippen molar-refractivity contribution in [2.75, 3.05) is 0 Å². The van der Waals surface area contributed by atoms with E-state index >= 15 is 0 Å². The summed E-state index contributed by atoms with van der Waals surface area (Å²) in [6, 6.07) is 0. The Morgan fingerprint density at radius 3 is 1.89 bits per heavy atom. The molecule has 0 bridgehead atoms. The predicted molar refractivity (Wildman–Crippen MR) is 84.8 cm³/mol. The van der Waals surface area contributed by atoms with E-state index in [0.717, 1.165) is 0 Å². The van der Waals surface area contributed by atoms with E-state index in [9.17, 15) is 0 Å². The summed E-state index contributed by atoms with van der Waals surface area (Å²) in [5.74, 6) is 0. The molecule has 0 nitrogen and oxygen atoms in total. The maximum absolute atomic E-state index is 3.63. The summed E-state index contributed by atoms with van der Waals surface area (Å²) < 4.78 is 0. The first-order chi connectivity index (χ1) is 8.91. The number of hydrogen-bond acceptors (Lipinski definition) is 0. The Hall–Kier alpha value is -1.04. The Bertz CT molecular complexity index is 243. The number of unbranched alkanes of at least 4 members (excludes halogenated alkanes) is 7. The molecule has 0 aliphatic carbocycles. The van der Waals surface area contributed by atoms with E-state index in [4.69, 9.17) is 0 Å². The molecule has 0 saturated carbocycles. The number of rotatable bonds is 12. The lowest BCUT2D eigenvalue weighted by atomic mass is 10.1. The summed E-state index contributed by atoms with van der Waals surface area (Å²) in [5.41, 5.74) is 0. The highest BCUT2D eigenvalue weighted by Crippen LogP contribution is 2.05. The second-order valence-electron chi connectivity index (χ2n) is 4.65. The van der Waals surface area contributed by atoms with Crippen molar-refractivity contribution in [2.24, 2.45) is 0 Å². The van der Waals surface area contributed by atoms with E-state index < -0.39 is 0 Å². The zero-order valence-corrected chi connectivity index (χ0v) is 12.1. The summed E-state index contributed by atoms with van der Waals surface area (Å²) in [6.07, 6.45) is 26.6. The van der Waals surface area contributed by atoms with Crippen molar-refractivity contribution in [3.63, 3.8) is 0 Å². The molecule has 0 aromatic carbocycles. The molecule has 102 valence electrons.